The van der Waals surface area contributed by atoms with Gasteiger partial charge in [-0.3, -0.25) is 4.99 Å². The van der Waals surface area contributed by atoms with Gasteiger partial charge in [0.2, 0.25) is 10.0 Å². The summed E-state index contributed by atoms with van der Waals surface area (Å²) in [4.78, 5) is 6.48. The molecule has 6 nitrogen and oxygen atoms in total. The van der Waals surface area contributed by atoms with Crippen LogP contribution in [0.25, 0.3) is 0 Å². The van der Waals surface area contributed by atoms with Crippen LogP contribution in [0, 0.1) is 5.82 Å². The minimum absolute atomic E-state index is 0.0892. The molecule has 1 aliphatic carbocycles. The van der Waals surface area contributed by atoms with Crippen LogP contribution in [0.15, 0.2) is 58.4 Å². The Morgan fingerprint density at radius 1 is 1.11 bits per heavy atom. The first-order valence-electron chi connectivity index (χ1n) is 9.15. The molecule has 1 fully saturated rings. The topological polar surface area (TPSA) is 73.8 Å². The number of rotatable bonds is 7. The second-order valence-corrected chi connectivity index (χ2v) is 8.64. The zero-order valence-electron chi connectivity index (χ0n) is 16.0. The van der Waals surface area contributed by atoms with Crippen LogP contribution in [0.2, 0.25) is 0 Å². The van der Waals surface area contributed by atoms with E-state index in [1.54, 1.807) is 43.4 Å². The minimum atomic E-state index is -3.43. The van der Waals surface area contributed by atoms with E-state index in [2.05, 4.69) is 15.0 Å². The fourth-order valence-corrected chi connectivity index (χ4v) is 4.08. The lowest BCUT2D eigenvalue weighted by Gasteiger charge is -2.22. The van der Waals surface area contributed by atoms with Gasteiger partial charge in [-0.15, -0.1) is 0 Å². The third-order valence-electron chi connectivity index (χ3n) is 4.49. The van der Waals surface area contributed by atoms with Crippen molar-refractivity contribution in [2.24, 2.45) is 4.99 Å². The number of sulfonamides is 1. The summed E-state index contributed by atoms with van der Waals surface area (Å²) in [6.45, 7) is 1.10. The number of halogens is 1. The lowest BCUT2D eigenvalue weighted by Crippen LogP contribution is -2.38. The van der Waals surface area contributed by atoms with E-state index in [0.29, 0.717) is 19.0 Å². The molecule has 0 heterocycles. The van der Waals surface area contributed by atoms with Crippen molar-refractivity contribution < 1.29 is 12.8 Å². The van der Waals surface area contributed by atoms with Gasteiger partial charge in [0.1, 0.15) is 5.82 Å². The Balaban J connectivity index is 1.56. The van der Waals surface area contributed by atoms with E-state index >= 15 is 0 Å². The van der Waals surface area contributed by atoms with Crippen LogP contribution in [-0.4, -0.2) is 39.4 Å². The van der Waals surface area contributed by atoms with Crippen LogP contribution in [0.1, 0.15) is 24.0 Å². The van der Waals surface area contributed by atoms with Crippen LogP contribution in [0.5, 0.6) is 0 Å². The van der Waals surface area contributed by atoms with E-state index in [9.17, 15) is 12.8 Å². The monoisotopic (exact) mass is 404 g/mol. The number of guanidine groups is 1. The highest BCUT2D eigenvalue weighted by molar-refractivity contribution is 7.89. The third kappa shape index (κ3) is 5.53. The maximum Gasteiger partial charge on any atom is 0.240 e. The van der Waals surface area contributed by atoms with E-state index in [0.717, 1.165) is 24.0 Å². The Morgan fingerprint density at radius 2 is 1.71 bits per heavy atom. The van der Waals surface area contributed by atoms with Gasteiger partial charge in [0.05, 0.1) is 4.90 Å². The summed E-state index contributed by atoms with van der Waals surface area (Å²) in [5.41, 5.74) is 1.92. The molecule has 0 unspecified atom stereocenters. The summed E-state index contributed by atoms with van der Waals surface area (Å²) in [6.07, 6.45) is 1.82. The standard InChI is InChI=1S/C20H25FN4O2S/c1-22-20(25(2)14-16-3-7-17(21)8-4-16)23-13-15-5-11-19(12-6-15)28(26,27)24-18-9-10-18/h3-8,11-12,18,24H,9-10,13-14H2,1-2H3,(H,22,23). The van der Waals surface area contributed by atoms with Crippen LogP contribution in [0.3, 0.4) is 0 Å². The molecule has 0 aliphatic heterocycles. The summed E-state index contributed by atoms with van der Waals surface area (Å²) in [6, 6.07) is 13.3. The van der Waals surface area contributed by atoms with Crippen LogP contribution in [-0.2, 0) is 23.1 Å². The summed E-state index contributed by atoms with van der Waals surface area (Å²) < 4.78 is 40.1. The van der Waals surface area contributed by atoms with E-state index < -0.39 is 10.0 Å². The highest BCUT2D eigenvalue weighted by Gasteiger charge is 2.27. The average Bonchev–Trinajstić information content (AvgIpc) is 3.48. The number of benzene rings is 2. The molecule has 8 heteroatoms. The number of nitrogens with zero attached hydrogens (tertiary/aromatic N) is 2. The largest absolute Gasteiger partial charge is 0.352 e. The highest BCUT2D eigenvalue weighted by Crippen LogP contribution is 2.22. The molecule has 1 aliphatic rings. The van der Waals surface area contributed by atoms with Gasteiger partial charge in [-0.05, 0) is 48.2 Å². The Kier molecular flexibility index (Phi) is 6.31. The van der Waals surface area contributed by atoms with Crippen molar-refractivity contribution in [1.29, 1.82) is 0 Å². The highest BCUT2D eigenvalue weighted by atomic mass is 32.2. The first-order chi connectivity index (χ1) is 13.4. The number of hydrogen-bond acceptors (Lipinski definition) is 3. The Bertz CT molecular complexity index is 924. The molecular formula is C20H25FN4O2S. The maximum absolute atomic E-state index is 13.0. The molecule has 0 atom stereocenters. The summed E-state index contributed by atoms with van der Waals surface area (Å²) in [5, 5.41) is 3.25. The van der Waals surface area contributed by atoms with Crippen molar-refractivity contribution in [2.75, 3.05) is 14.1 Å². The van der Waals surface area contributed by atoms with Crippen molar-refractivity contribution in [1.82, 2.24) is 14.9 Å². The predicted molar refractivity (Wildman–Crippen MR) is 108 cm³/mol. The van der Waals surface area contributed by atoms with Crippen molar-refractivity contribution >= 4 is 16.0 Å². The van der Waals surface area contributed by atoms with Gasteiger partial charge in [0, 0.05) is 33.2 Å². The zero-order valence-corrected chi connectivity index (χ0v) is 16.8. The fraction of sp³-hybridized carbons (Fsp3) is 0.350. The lowest BCUT2D eigenvalue weighted by molar-refractivity contribution is 0.476. The number of nitrogens with one attached hydrogen (secondary N) is 2. The molecule has 1 saturated carbocycles. The molecule has 0 bridgehead atoms. The minimum Gasteiger partial charge on any atom is -0.352 e. The molecule has 3 rings (SSSR count). The van der Waals surface area contributed by atoms with E-state index in [1.165, 1.54) is 12.1 Å². The van der Waals surface area contributed by atoms with Gasteiger partial charge < -0.3 is 10.2 Å². The molecular weight excluding hydrogens is 379 g/mol. The Labute approximate surface area is 165 Å². The van der Waals surface area contributed by atoms with Crippen molar-refractivity contribution in [3.8, 4) is 0 Å². The molecule has 0 radical (unpaired) electrons. The molecule has 2 aromatic carbocycles. The number of hydrogen-bond donors (Lipinski definition) is 2. The van der Waals surface area contributed by atoms with Crippen molar-refractivity contribution in [3.63, 3.8) is 0 Å². The SMILES string of the molecule is CN=C(NCc1ccc(S(=O)(=O)NC2CC2)cc1)N(C)Cc1ccc(F)cc1. The van der Waals surface area contributed by atoms with Crippen molar-refractivity contribution in [2.45, 2.75) is 36.9 Å². The Hall–Kier alpha value is -2.45. The molecule has 0 spiro atoms. The van der Waals surface area contributed by atoms with Gasteiger partial charge in [-0.1, -0.05) is 24.3 Å². The Morgan fingerprint density at radius 3 is 2.29 bits per heavy atom. The second kappa shape index (κ2) is 8.70. The smallest absolute Gasteiger partial charge is 0.240 e. The maximum atomic E-state index is 13.0. The second-order valence-electron chi connectivity index (χ2n) is 6.92. The van der Waals surface area contributed by atoms with E-state index in [4.69, 9.17) is 0 Å². The van der Waals surface area contributed by atoms with Crippen LogP contribution < -0.4 is 10.0 Å². The summed E-state index contributed by atoms with van der Waals surface area (Å²) >= 11 is 0. The molecule has 2 N–H and O–H groups in total. The zero-order chi connectivity index (χ0) is 20.1. The quantitative estimate of drug-likeness (QED) is 0.549. The van der Waals surface area contributed by atoms with Gasteiger partial charge >= 0.3 is 0 Å². The first-order valence-corrected chi connectivity index (χ1v) is 10.6. The van der Waals surface area contributed by atoms with Crippen LogP contribution in [0.4, 0.5) is 4.39 Å². The molecule has 0 saturated heterocycles. The van der Waals surface area contributed by atoms with Gasteiger partial charge in [0.25, 0.3) is 0 Å². The number of aliphatic imine (C=N–C) groups is 1. The summed E-state index contributed by atoms with van der Waals surface area (Å²) in [7, 11) is 0.168. The molecule has 2 aromatic rings. The van der Waals surface area contributed by atoms with Crippen molar-refractivity contribution in [3.05, 3.63) is 65.5 Å². The molecule has 150 valence electrons. The molecule has 28 heavy (non-hydrogen) atoms. The van der Waals surface area contributed by atoms with Crippen LogP contribution >= 0.6 is 0 Å². The van der Waals surface area contributed by atoms with Gasteiger partial charge in [0.15, 0.2) is 5.96 Å². The van der Waals surface area contributed by atoms with Gasteiger partial charge in [-0.25, -0.2) is 17.5 Å². The first kappa shape index (κ1) is 20.3. The van der Waals surface area contributed by atoms with Gasteiger partial charge in [-0.2, -0.15) is 0 Å². The molecule has 0 aromatic heterocycles. The summed E-state index contributed by atoms with van der Waals surface area (Å²) in [5.74, 6) is 0.433. The average molecular weight is 405 g/mol. The normalized spacial score (nSPS) is 14.8. The fourth-order valence-electron chi connectivity index (χ4n) is 2.78. The molecule has 0 amide bonds. The predicted octanol–water partition coefficient (Wildman–Crippen LogP) is 2.47. The third-order valence-corrected chi connectivity index (χ3v) is 6.03. The lowest BCUT2D eigenvalue weighted by atomic mass is 10.2. The van der Waals surface area contributed by atoms with E-state index in [-0.39, 0.29) is 16.8 Å². The van der Waals surface area contributed by atoms with E-state index in [1.807, 2.05) is 11.9 Å².